The van der Waals surface area contributed by atoms with Crippen molar-refractivity contribution in [3.8, 4) is 16.9 Å². The molecule has 0 N–H and O–H groups in total. The summed E-state index contributed by atoms with van der Waals surface area (Å²) in [5.74, 6) is 1.21. The molecule has 2 aromatic rings. The molecule has 2 aliphatic rings. The van der Waals surface area contributed by atoms with Crippen LogP contribution in [0.1, 0.15) is 24.8 Å². The number of aryl methyl sites for hydroxylation is 1. The van der Waals surface area contributed by atoms with Crippen molar-refractivity contribution >= 4 is 0 Å². The van der Waals surface area contributed by atoms with Crippen LogP contribution in [-0.4, -0.2) is 35.6 Å². The third-order valence-electron chi connectivity index (χ3n) is 5.25. The first-order valence-electron chi connectivity index (χ1n) is 8.77. The molecule has 0 spiro atoms. The van der Waals surface area contributed by atoms with E-state index in [1.165, 1.54) is 37.9 Å². The Labute approximate surface area is 142 Å². The van der Waals surface area contributed by atoms with Gasteiger partial charge in [-0.15, -0.1) is 0 Å². The number of hydrogen-bond acceptors (Lipinski definition) is 3. The summed E-state index contributed by atoms with van der Waals surface area (Å²) in [6.07, 6.45) is 7.62. The summed E-state index contributed by atoms with van der Waals surface area (Å²) in [7, 11) is 0. The largest absolute Gasteiger partial charge is 0.492 e. The highest BCUT2D eigenvalue weighted by Gasteiger charge is 2.37. The van der Waals surface area contributed by atoms with Gasteiger partial charge in [-0.2, -0.15) is 0 Å². The molecule has 1 aromatic heterocycles. The van der Waals surface area contributed by atoms with E-state index in [-0.39, 0.29) is 5.82 Å². The molecule has 1 aromatic carbocycles. The maximum Gasteiger partial charge on any atom is 0.127 e. The number of piperidine rings is 1. The summed E-state index contributed by atoms with van der Waals surface area (Å²) < 4.78 is 19.8. The lowest BCUT2D eigenvalue weighted by atomic mass is 10.1. The summed E-state index contributed by atoms with van der Waals surface area (Å²) in [6.45, 7) is 4.73. The summed E-state index contributed by atoms with van der Waals surface area (Å²) in [6, 6.07) is 7.65. The highest BCUT2D eigenvalue weighted by molar-refractivity contribution is 5.64. The second-order valence-electron chi connectivity index (χ2n) is 7.10. The van der Waals surface area contributed by atoms with E-state index in [4.69, 9.17) is 4.74 Å². The first-order chi connectivity index (χ1) is 11.7. The van der Waals surface area contributed by atoms with Crippen molar-refractivity contribution in [1.82, 2.24) is 9.88 Å². The maximum atomic E-state index is 14.0. The highest BCUT2D eigenvalue weighted by atomic mass is 19.1. The van der Waals surface area contributed by atoms with Gasteiger partial charge in [0.05, 0.1) is 0 Å². The maximum absolute atomic E-state index is 14.0. The number of likely N-dealkylation sites (tertiary alicyclic amines) is 1. The minimum Gasteiger partial charge on any atom is -0.492 e. The Kier molecular flexibility index (Phi) is 4.23. The first kappa shape index (κ1) is 15.6. The van der Waals surface area contributed by atoms with Gasteiger partial charge in [0, 0.05) is 43.2 Å². The minimum absolute atomic E-state index is 0.274. The van der Waals surface area contributed by atoms with Crippen LogP contribution in [0.5, 0.6) is 5.75 Å². The van der Waals surface area contributed by atoms with Crippen LogP contribution in [0.25, 0.3) is 11.1 Å². The number of pyridine rings is 1. The SMILES string of the molecule is Cc1cncc(-c2cc(F)cc(OCCN3C[C@H]4CC[C@@H]3C4)c2)c1. The Bertz CT molecular complexity index is 733. The number of nitrogens with zero attached hydrogens (tertiary/aromatic N) is 2. The van der Waals surface area contributed by atoms with Crippen molar-refractivity contribution in [3.05, 3.63) is 48.0 Å². The molecule has 1 saturated heterocycles. The molecule has 2 fully saturated rings. The molecule has 0 radical (unpaired) electrons. The zero-order chi connectivity index (χ0) is 16.5. The van der Waals surface area contributed by atoms with Crippen LogP contribution in [0.3, 0.4) is 0 Å². The van der Waals surface area contributed by atoms with E-state index in [1.54, 1.807) is 12.4 Å². The lowest BCUT2D eigenvalue weighted by Crippen LogP contribution is -2.35. The second kappa shape index (κ2) is 6.52. The first-order valence-corrected chi connectivity index (χ1v) is 8.77. The van der Waals surface area contributed by atoms with Gasteiger partial charge in [-0.1, -0.05) is 0 Å². The molecule has 1 saturated carbocycles. The number of aromatic nitrogens is 1. The number of fused-ring (bicyclic) bond motifs is 2. The molecular weight excluding hydrogens is 303 g/mol. The van der Waals surface area contributed by atoms with Crippen molar-refractivity contribution in [1.29, 1.82) is 0 Å². The number of halogens is 1. The van der Waals surface area contributed by atoms with Crippen LogP contribution in [-0.2, 0) is 0 Å². The molecule has 1 aliphatic heterocycles. The molecule has 2 bridgehead atoms. The summed E-state index contributed by atoms with van der Waals surface area (Å²) in [5, 5.41) is 0. The molecule has 0 amide bonds. The molecule has 1 aliphatic carbocycles. The van der Waals surface area contributed by atoms with E-state index >= 15 is 0 Å². The molecule has 0 unspecified atom stereocenters. The van der Waals surface area contributed by atoms with Gasteiger partial charge in [0.2, 0.25) is 0 Å². The van der Waals surface area contributed by atoms with Gasteiger partial charge < -0.3 is 4.74 Å². The highest BCUT2D eigenvalue weighted by Crippen LogP contribution is 2.37. The predicted molar refractivity (Wildman–Crippen MR) is 92.6 cm³/mol. The predicted octanol–water partition coefficient (Wildman–Crippen LogP) is 4.06. The normalized spacial score (nSPS) is 22.9. The standard InChI is InChI=1S/C20H23FN2O/c1-14-6-17(12-22-11-14)16-8-18(21)10-20(9-16)24-5-4-23-13-15-2-3-19(23)7-15/h6,8-12,15,19H,2-5,7,13H2,1H3/t15-,19+/m0/s1. The second-order valence-corrected chi connectivity index (χ2v) is 7.10. The number of benzene rings is 1. The van der Waals surface area contributed by atoms with Crippen molar-refractivity contribution in [2.75, 3.05) is 19.7 Å². The fourth-order valence-electron chi connectivity index (χ4n) is 4.11. The van der Waals surface area contributed by atoms with Gasteiger partial charge in [-0.05, 0) is 61.4 Å². The van der Waals surface area contributed by atoms with Gasteiger partial charge in [0.15, 0.2) is 0 Å². The average Bonchev–Trinajstić information content (AvgIpc) is 3.17. The summed E-state index contributed by atoms with van der Waals surface area (Å²) in [4.78, 5) is 6.71. The Morgan fingerprint density at radius 2 is 2.08 bits per heavy atom. The molecule has 2 atom stereocenters. The van der Waals surface area contributed by atoms with Crippen LogP contribution in [0.15, 0.2) is 36.7 Å². The monoisotopic (exact) mass is 326 g/mol. The van der Waals surface area contributed by atoms with Crippen molar-refractivity contribution in [2.45, 2.75) is 32.2 Å². The van der Waals surface area contributed by atoms with Gasteiger partial charge in [-0.25, -0.2) is 4.39 Å². The lowest BCUT2D eigenvalue weighted by Gasteiger charge is -2.26. The zero-order valence-electron chi connectivity index (χ0n) is 14.0. The molecule has 4 heteroatoms. The van der Waals surface area contributed by atoms with Crippen molar-refractivity contribution in [3.63, 3.8) is 0 Å². The summed E-state index contributed by atoms with van der Waals surface area (Å²) >= 11 is 0. The number of rotatable bonds is 5. The third-order valence-corrected chi connectivity index (χ3v) is 5.25. The Balaban J connectivity index is 1.42. The van der Waals surface area contributed by atoms with E-state index in [1.807, 2.05) is 19.1 Å². The molecule has 126 valence electrons. The van der Waals surface area contributed by atoms with E-state index in [0.717, 1.165) is 35.2 Å². The van der Waals surface area contributed by atoms with Gasteiger partial charge >= 0.3 is 0 Å². The topological polar surface area (TPSA) is 25.4 Å². The zero-order valence-corrected chi connectivity index (χ0v) is 14.0. The average molecular weight is 326 g/mol. The fraction of sp³-hybridized carbons (Fsp3) is 0.450. The fourth-order valence-corrected chi connectivity index (χ4v) is 4.11. The van der Waals surface area contributed by atoms with Crippen LogP contribution < -0.4 is 4.74 Å². The molecule has 2 heterocycles. The van der Waals surface area contributed by atoms with E-state index in [2.05, 4.69) is 9.88 Å². The lowest BCUT2D eigenvalue weighted by molar-refractivity contribution is 0.172. The Morgan fingerprint density at radius 3 is 2.83 bits per heavy atom. The Morgan fingerprint density at radius 1 is 1.17 bits per heavy atom. The minimum atomic E-state index is -0.274. The quantitative estimate of drug-likeness (QED) is 0.828. The molecule has 4 rings (SSSR count). The molecule has 24 heavy (non-hydrogen) atoms. The van der Waals surface area contributed by atoms with Crippen LogP contribution in [0.4, 0.5) is 4.39 Å². The van der Waals surface area contributed by atoms with Crippen molar-refractivity contribution in [2.24, 2.45) is 5.92 Å². The number of hydrogen-bond donors (Lipinski definition) is 0. The van der Waals surface area contributed by atoms with Crippen LogP contribution >= 0.6 is 0 Å². The Hall–Kier alpha value is -1.94. The molecule has 3 nitrogen and oxygen atoms in total. The molecular formula is C20H23FN2O. The number of ether oxygens (including phenoxy) is 1. The van der Waals surface area contributed by atoms with Gasteiger partial charge in [0.1, 0.15) is 18.2 Å². The van der Waals surface area contributed by atoms with Crippen LogP contribution in [0, 0.1) is 18.7 Å². The van der Waals surface area contributed by atoms with E-state index in [0.29, 0.717) is 12.4 Å². The third kappa shape index (κ3) is 3.29. The van der Waals surface area contributed by atoms with Crippen molar-refractivity contribution < 1.29 is 9.13 Å². The van der Waals surface area contributed by atoms with Gasteiger partial charge in [-0.3, -0.25) is 9.88 Å². The smallest absolute Gasteiger partial charge is 0.127 e. The van der Waals surface area contributed by atoms with Crippen LogP contribution in [0.2, 0.25) is 0 Å². The van der Waals surface area contributed by atoms with E-state index in [9.17, 15) is 4.39 Å². The van der Waals surface area contributed by atoms with E-state index < -0.39 is 0 Å². The van der Waals surface area contributed by atoms with Gasteiger partial charge in [0.25, 0.3) is 0 Å². The summed E-state index contributed by atoms with van der Waals surface area (Å²) in [5.41, 5.74) is 2.78.